The number of carbonyl (C=O) groups excluding carboxylic acids is 2. The standard InChI is InChI=1S/C20H21BrN2O2/c1-2-18(24)23-12-11-14-7-3-5-9-16(14)19(23)20(25)22-13-15-8-4-6-10-17(15)21/h3-10,19H,2,11-13H2,1H3,(H,22,25)/t19-/m0/s1. The highest BCUT2D eigenvalue weighted by Crippen LogP contribution is 2.30. The van der Waals surface area contributed by atoms with Crippen LogP contribution in [0.2, 0.25) is 0 Å². The summed E-state index contributed by atoms with van der Waals surface area (Å²) in [7, 11) is 0. The minimum Gasteiger partial charge on any atom is -0.350 e. The number of hydrogen-bond acceptors (Lipinski definition) is 2. The molecule has 5 heteroatoms. The van der Waals surface area contributed by atoms with Crippen molar-refractivity contribution in [1.82, 2.24) is 10.2 Å². The first-order valence-corrected chi connectivity index (χ1v) is 9.29. The van der Waals surface area contributed by atoms with Gasteiger partial charge in [0.05, 0.1) is 0 Å². The second-order valence-electron chi connectivity index (χ2n) is 6.10. The monoisotopic (exact) mass is 400 g/mol. The van der Waals surface area contributed by atoms with Crippen molar-refractivity contribution in [2.45, 2.75) is 32.4 Å². The second-order valence-corrected chi connectivity index (χ2v) is 6.96. The van der Waals surface area contributed by atoms with E-state index in [1.54, 1.807) is 4.90 Å². The molecule has 0 fully saturated rings. The summed E-state index contributed by atoms with van der Waals surface area (Å²) >= 11 is 3.50. The molecule has 1 N–H and O–H groups in total. The van der Waals surface area contributed by atoms with Crippen molar-refractivity contribution < 1.29 is 9.59 Å². The van der Waals surface area contributed by atoms with E-state index in [1.165, 1.54) is 0 Å². The van der Waals surface area contributed by atoms with Crippen LogP contribution in [0, 0.1) is 0 Å². The number of nitrogens with one attached hydrogen (secondary N) is 1. The highest BCUT2D eigenvalue weighted by molar-refractivity contribution is 9.10. The number of fused-ring (bicyclic) bond motifs is 1. The summed E-state index contributed by atoms with van der Waals surface area (Å²) in [5.74, 6) is -0.125. The molecule has 0 saturated heterocycles. The zero-order valence-electron chi connectivity index (χ0n) is 14.2. The van der Waals surface area contributed by atoms with Crippen LogP contribution in [0.4, 0.5) is 0 Å². The SMILES string of the molecule is CCC(=O)N1CCc2ccccc2[C@H]1C(=O)NCc1ccccc1Br. The zero-order valence-corrected chi connectivity index (χ0v) is 15.8. The van der Waals surface area contributed by atoms with E-state index in [0.29, 0.717) is 19.5 Å². The number of rotatable bonds is 4. The Bertz CT molecular complexity index is 791. The van der Waals surface area contributed by atoms with Crippen molar-refractivity contribution in [3.63, 3.8) is 0 Å². The number of amides is 2. The van der Waals surface area contributed by atoms with Crippen molar-refractivity contribution in [3.05, 3.63) is 69.7 Å². The summed E-state index contributed by atoms with van der Waals surface area (Å²) in [5.41, 5.74) is 3.08. The van der Waals surface area contributed by atoms with Gasteiger partial charge in [0.25, 0.3) is 0 Å². The average molecular weight is 401 g/mol. The van der Waals surface area contributed by atoms with Gasteiger partial charge in [-0.3, -0.25) is 9.59 Å². The highest BCUT2D eigenvalue weighted by Gasteiger charge is 2.34. The Hall–Kier alpha value is -2.14. The lowest BCUT2D eigenvalue weighted by Crippen LogP contribution is -2.46. The van der Waals surface area contributed by atoms with Gasteiger partial charge in [0.1, 0.15) is 6.04 Å². The summed E-state index contributed by atoms with van der Waals surface area (Å²) in [6.45, 7) is 2.84. The lowest BCUT2D eigenvalue weighted by atomic mass is 9.91. The molecule has 1 heterocycles. The van der Waals surface area contributed by atoms with Crippen LogP contribution in [0.3, 0.4) is 0 Å². The number of hydrogen-bond donors (Lipinski definition) is 1. The fourth-order valence-corrected chi connectivity index (χ4v) is 3.67. The van der Waals surface area contributed by atoms with Gasteiger partial charge in [-0.05, 0) is 29.2 Å². The van der Waals surface area contributed by atoms with Gasteiger partial charge in [-0.25, -0.2) is 0 Å². The Kier molecular flexibility index (Phi) is 5.53. The Morgan fingerprint density at radius 2 is 1.88 bits per heavy atom. The predicted molar refractivity (Wildman–Crippen MR) is 101 cm³/mol. The van der Waals surface area contributed by atoms with Gasteiger partial charge in [-0.1, -0.05) is 65.3 Å². The molecule has 0 aliphatic carbocycles. The largest absolute Gasteiger partial charge is 0.350 e. The van der Waals surface area contributed by atoms with Gasteiger partial charge in [0.2, 0.25) is 11.8 Å². The molecule has 1 aliphatic heterocycles. The van der Waals surface area contributed by atoms with Gasteiger partial charge in [-0.15, -0.1) is 0 Å². The third-order valence-corrected chi connectivity index (χ3v) is 5.34. The number of benzene rings is 2. The molecule has 0 spiro atoms. The Labute approximate surface area is 156 Å². The molecule has 0 aromatic heterocycles. The quantitative estimate of drug-likeness (QED) is 0.851. The Morgan fingerprint density at radius 3 is 2.64 bits per heavy atom. The van der Waals surface area contributed by atoms with Gasteiger partial charge in [-0.2, -0.15) is 0 Å². The van der Waals surface area contributed by atoms with Crippen molar-refractivity contribution in [3.8, 4) is 0 Å². The lowest BCUT2D eigenvalue weighted by Gasteiger charge is -2.36. The molecule has 130 valence electrons. The average Bonchev–Trinajstić information content (AvgIpc) is 2.65. The van der Waals surface area contributed by atoms with Crippen molar-refractivity contribution >= 4 is 27.7 Å². The van der Waals surface area contributed by atoms with Gasteiger partial charge in [0.15, 0.2) is 0 Å². The molecule has 1 atom stereocenters. The third kappa shape index (κ3) is 3.76. The first-order valence-electron chi connectivity index (χ1n) is 8.50. The Morgan fingerprint density at radius 1 is 1.16 bits per heavy atom. The van der Waals surface area contributed by atoms with Crippen molar-refractivity contribution in [1.29, 1.82) is 0 Å². The third-order valence-electron chi connectivity index (χ3n) is 4.57. The van der Waals surface area contributed by atoms with Crippen LogP contribution in [0.15, 0.2) is 53.0 Å². The zero-order chi connectivity index (χ0) is 17.8. The first-order chi connectivity index (χ1) is 12.1. The van der Waals surface area contributed by atoms with E-state index in [-0.39, 0.29) is 11.8 Å². The molecular formula is C20H21BrN2O2. The molecule has 2 amide bonds. The smallest absolute Gasteiger partial charge is 0.247 e. The number of carbonyl (C=O) groups is 2. The molecule has 0 radical (unpaired) electrons. The molecule has 25 heavy (non-hydrogen) atoms. The minimum absolute atomic E-state index is 0.00976. The predicted octanol–water partition coefficient (Wildman–Crippen LogP) is 3.60. The van der Waals surface area contributed by atoms with Crippen LogP contribution in [0.25, 0.3) is 0 Å². The second kappa shape index (κ2) is 7.83. The van der Waals surface area contributed by atoms with Crippen LogP contribution < -0.4 is 5.32 Å². The van der Waals surface area contributed by atoms with E-state index < -0.39 is 6.04 Å². The molecule has 0 bridgehead atoms. The molecule has 4 nitrogen and oxygen atoms in total. The highest BCUT2D eigenvalue weighted by atomic mass is 79.9. The fraction of sp³-hybridized carbons (Fsp3) is 0.300. The molecule has 3 rings (SSSR count). The number of halogens is 1. The van der Waals surface area contributed by atoms with Gasteiger partial charge in [0, 0.05) is 24.0 Å². The summed E-state index contributed by atoms with van der Waals surface area (Å²) in [4.78, 5) is 27.0. The van der Waals surface area contributed by atoms with Crippen LogP contribution in [-0.2, 0) is 22.6 Å². The first kappa shape index (κ1) is 17.7. The molecule has 0 saturated carbocycles. The maximum atomic E-state index is 13.0. The molecule has 0 unspecified atom stereocenters. The summed E-state index contributed by atoms with van der Waals surface area (Å²) in [6, 6.07) is 15.1. The van der Waals surface area contributed by atoms with E-state index in [2.05, 4.69) is 21.2 Å². The molecular weight excluding hydrogens is 380 g/mol. The molecule has 1 aliphatic rings. The number of nitrogens with zero attached hydrogens (tertiary/aromatic N) is 1. The van der Waals surface area contributed by atoms with Crippen molar-refractivity contribution in [2.24, 2.45) is 0 Å². The van der Waals surface area contributed by atoms with E-state index in [9.17, 15) is 9.59 Å². The maximum absolute atomic E-state index is 13.0. The van der Waals surface area contributed by atoms with E-state index in [1.807, 2.05) is 55.5 Å². The van der Waals surface area contributed by atoms with E-state index in [4.69, 9.17) is 0 Å². The van der Waals surface area contributed by atoms with Crippen LogP contribution >= 0.6 is 15.9 Å². The lowest BCUT2D eigenvalue weighted by molar-refractivity contribution is -0.141. The normalized spacial score (nSPS) is 16.2. The van der Waals surface area contributed by atoms with Crippen molar-refractivity contribution in [2.75, 3.05) is 6.54 Å². The molecule has 2 aromatic rings. The van der Waals surface area contributed by atoms with Crippen LogP contribution in [0.5, 0.6) is 0 Å². The summed E-state index contributed by atoms with van der Waals surface area (Å²) in [5, 5.41) is 3.00. The fourth-order valence-electron chi connectivity index (χ4n) is 3.24. The summed E-state index contributed by atoms with van der Waals surface area (Å²) in [6.07, 6.45) is 1.19. The topological polar surface area (TPSA) is 49.4 Å². The molecule has 2 aromatic carbocycles. The van der Waals surface area contributed by atoms with Gasteiger partial charge < -0.3 is 10.2 Å². The maximum Gasteiger partial charge on any atom is 0.247 e. The van der Waals surface area contributed by atoms with E-state index in [0.717, 1.165) is 27.6 Å². The van der Waals surface area contributed by atoms with Crippen LogP contribution in [-0.4, -0.2) is 23.3 Å². The summed E-state index contributed by atoms with van der Waals surface area (Å²) < 4.78 is 0.959. The van der Waals surface area contributed by atoms with Gasteiger partial charge >= 0.3 is 0 Å². The van der Waals surface area contributed by atoms with Crippen LogP contribution in [0.1, 0.15) is 36.1 Å². The minimum atomic E-state index is -0.556. The van der Waals surface area contributed by atoms with E-state index >= 15 is 0 Å². The Balaban J connectivity index is 1.84.